The van der Waals surface area contributed by atoms with Crippen molar-refractivity contribution in [2.75, 3.05) is 32.2 Å². The molecule has 316 valence electrons. The van der Waals surface area contributed by atoms with Crippen molar-refractivity contribution in [3.05, 3.63) is 59.3 Å². The van der Waals surface area contributed by atoms with Crippen LogP contribution < -0.4 is 5.73 Å². The summed E-state index contributed by atoms with van der Waals surface area (Å²) in [7, 11) is -4.68. The van der Waals surface area contributed by atoms with Crippen molar-refractivity contribution in [1.82, 2.24) is 14.6 Å². The van der Waals surface area contributed by atoms with Crippen LogP contribution in [-0.2, 0) is 43.9 Å². The van der Waals surface area contributed by atoms with Gasteiger partial charge in [-0.05, 0) is 63.1 Å². The molecule has 0 spiro atoms. The summed E-state index contributed by atoms with van der Waals surface area (Å²) in [6.45, 7) is 7.27. The first kappa shape index (κ1) is 45.1. The number of anilines is 1. The molecule has 1 aromatic carbocycles. The van der Waals surface area contributed by atoms with Crippen molar-refractivity contribution >= 4 is 19.2 Å². The van der Waals surface area contributed by atoms with Gasteiger partial charge in [-0.3, -0.25) is 9.05 Å². The van der Waals surface area contributed by atoms with Crippen molar-refractivity contribution in [2.45, 2.75) is 154 Å². The number of hydrogen-bond donors (Lipinski definition) is 2. The molecule has 4 heterocycles. The van der Waals surface area contributed by atoms with E-state index in [4.69, 9.17) is 38.5 Å². The minimum Gasteiger partial charge on any atom is -0.382 e. The van der Waals surface area contributed by atoms with E-state index in [0.29, 0.717) is 29.2 Å². The Labute approximate surface area is 336 Å². The van der Waals surface area contributed by atoms with Gasteiger partial charge in [0.25, 0.3) is 0 Å². The minimum atomic E-state index is -4.68. The van der Waals surface area contributed by atoms with Gasteiger partial charge in [-0.1, -0.05) is 84.0 Å². The lowest BCUT2D eigenvalue weighted by atomic mass is 9.97. The normalized spacial score (nSPS) is 23.1. The first-order valence-electron chi connectivity index (χ1n) is 20.5. The molecule has 1 unspecified atom stereocenters. The maximum atomic E-state index is 14.1. The quantitative estimate of drug-likeness (QED) is 0.0582. The predicted octanol–water partition coefficient (Wildman–Crippen LogP) is 8.50. The lowest BCUT2D eigenvalue weighted by Gasteiger charge is -2.31. The lowest BCUT2D eigenvalue weighted by molar-refractivity contribution is -0.212. The highest BCUT2D eigenvalue weighted by atomic mass is 31.2. The summed E-state index contributed by atoms with van der Waals surface area (Å²) in [6, 6.07) is 9.45. The van der Waals surface area contributed by atoms with E-state index < -0.39 is 49.4 Å². The number of rotatable bonds is 26. The maximum absolute atomic E-state index is 14.1. The van der Waals surface area contributed by atoms with Gasteiger partial charge in [0, 0.05) is 6.61 Å². The van der Waals surface area contributed by atoms with E-state index in [1.807, 2.05) is 12.1 Å². The smallest absolute Gasteiger partial charge is 0.382 e. The Morgan fingerprint density at radius 3 is 2.33 bits per heavy atom. The fourth-order valence-corrected chi connectivity index (χ4v) is 8.31. The standard InChI is InChI=1S/C41H61FN5O9P/c1-5-6-7-8-9-10-11-12-13-14-15-16-17-20-50-26-33(51-25-31-21-30(24-43)22-32(42)23-31)27-52-57(48,49)53-28-41(4)38-37(54-40(2,3)56-38)36(55-41)34-18-19-35-39(44)45-29-46-47(34)35/h18-19,21-23,29,33,36-38H,5-17,20,25-28H2,1-4H3,(H,48,49)(H2,44,45,46)/t33-,36+,37+,38+,41-/m1/s1. The first-order chi connectivity index (χ1) is 27.3. The van der Waals surface area contributed by atoms with Crippen LogP contribution in [0.4, 0.5) is 10.2 Å². The molecule has 2 saturated heterocycles. The number of ether oxygens (including phenoxy) is 5. The highest BCUT2D eigenvalue weighted by Gasteiger charge is 2.62. The molecule has 0 radical (unpaired) electrons. The van der Waals surface area contributed by atoms with Crippen LogP contribution in [0.15, 0.2) is 36.7 Å². The number of benzene rings is 1. The van der Waals surface area contributed by atoms with Crippen LogP contribution in [0.2, 0.25) is 0 Å². The molecule has 0 amide bonds. The van der Waals surface area contributed by atoms with Crippen LogP contribution >= 0.6 is 7.82 Å². The number of aromatic nitrogens is 3. The minimum absolute atomic E-state index is 0.0601. The summed E-state index contributed by atoms with van der Waals surface area (Å²) >= 11 is 0. The number of unbranched alkanes of at least 4 members (excludes halogenated alkanes) is 12. The average molecular weight is 818 g/mol. The summed E-state index contributed by atoms with van der Waals surface area (Å²) in [6.07, 6.45) is 14.7. The molecule has 2 fully saturated rings. The second-order valence-corrected chi connectivity index (χ2v) is 17.3. The molecule has 2 aromatic heterocycles. The molecule has 6 atom stereocenters. The number of fused-ring (bicyclic) bond motifs is 2. The molecule has 0 aliphatic carbocycles. The fraction of sp³-hybridized carbons (Fsp3) is 0.683. The molecule has 2 aliphatic rings. The molecule has 0 bridgehead atoms. The largest absolute Gasteiger partial charge is 0.472 e. The van der Waals surface area contributed by atoms with Crippen LogP contribution in [0.5, 0.6) is 0 Å². The van der Waals surface area contributed by atoms with Crippen molar-refractivity contribution in [2.24, 2.45) is 0 Å². The number of phosphoric acid groups is 1. The zero-order valence-corrected chi connectivity index (χ0v) is 34.8. The molecule has 3 N–H and O–H groups in total. The first-order valence-corrected chi connectivity index (χ1v) is 21.9. The van der Waals surface area contributed by atoms with Crippen molar-refractivity contribution in [1.29, 1.82) is 5.26 Å². The number of nitrogen functional groups attached to an aromatic ring is 1. The SMILES string of the molecule is CCCCCCCCCCCCCCCOC[C@H](COP(=O)(O)OC[C@@]1(C)O[C@@H](c2ccc3c(N)ncnn23)[C@@H]2OC(C)(C)O[C@@H]21)OCc1cc(F)cc(C#N)c1. The van der Waals surface area contributed by atoms with E-state index in [2.05, 4.69) is 17.0 Å². The fourth-order valence-electron chi connectivity index (χ4n) is 7.46. The lowest BCUT2D eigenvalue weighted by Crippen LogP contribution is -2.44. The van der Waals surface area contributed by atoms with Gasteiger partial charge in [-0.2, -0.15) is 10.4 Å². The van der Waals surface area contributed by atoms with Gasteiger partial charge in [-0.15, -0.1) is 0 Å². The van der Waals surface area contributed by atoms with E-state index in [-0.39, 0.29) is 32.0 Å². The Balaban J connectivity index is 1.11. The zero-order valence-electron chi connectivity index (χ0n) is 33.9. The van der Waals surface area contributed by atoms with Crippen LogP contribution in [0.1, 0.15) is 134 Å². The second kappa shape index (κ2) is 21.3. The van der Waals surface area contributed by atoms with Gasteiger partial charge in [0.2, 0.25) is 0 Å². The molecule has 5 rings (SSSR count). The number of hydrogen-bond acceptors (Lipinski definition) is 12. The number of phosphoric ester groups is 1. The predicted molar refractivity (Wildman–Crippen MR) is 211 cm³/mol. The van der Waals surface area contributed by atoms with E-state index >= 15 is 0 Å². The Hall–Kier alpha value is -3.03. The zero-order chi connectivity index (χ0) is 40.9. The highest BCUT2D eigenvalue weighted by Crippen LogP contribution is 2.52. The number of nitrogens with zero attached hydrogens (tertiary/aromatic N) is 4. The number of nitriles is 1. The third kappa shape index (κ3) is 13.2. The molecule has 3 aromatic rings. The average Bonchev–Trinajstić information content (AvgIpc) is 3.83. The van der Waals surface area contributed by atoms with Gasteiger partial charge in [-0.25, -0.2) is 18.5 Å². The number of halogens is 1. The van der Waals surface area contributed by atoms with Gasteiger partial charge >= 0.3 is 7.82 Å². The maximum Gasteiger partial charge on any atom is 0.472 e. The third-order valence-corrected chi connectivity index (χ3v) is 11.4. The molecular weight excluding hydrogens is 756 g/mol. The second-order valence-electron chi connectivity index (χ2n) is 15.8. The highest BCUT2D eigenvalue weighted by molar-refractivity contribution is 7.47. The summed E-state index contributed by atoms with van der Waals surface area (Å²) in [5.74, 6) is -1.23. The van der Waals surface area contributed by atoms with Crippen LogP contribution in [-0.4, -0.2) is 75.6 Å². The van der Waals surface area contributed by atoms with Gasteiger partial charge in [0.15, 0.2) is 11.6 Å². The van der Waals surface area contributed by atoms with E-state index in [9.17, 15) is 19.1 Å². The summed E-state index contributed by atoms with van der Waals surface area (Å²) in [5.41, 5.74) is 6.64. The summed E-state index contributed by atoms with van der Waals surface area (Å²) < 4.78 is 71.0. The van der Waals surface area contributed by atoms with Crippen LogP contribution in [0, 0.1) is 17.1 Å². The Morgan fingerprint density at radius 1 is 0.965 bits per heavy atom. The Morgan fingerprint density at radius 2 is 1.65 bits per heavy atom. The number of nitrogens with two attached hydrogens (primary N) is 1. The third-order valence-electron chi connectivity index (χ3n) is 10.4. The summed E-state index contributed by atoms with van der Waals surface area (Å²) in [5, 5.41) is 13.6. The monoisotopic (exact) mass is 817 g/mol. The molecule has 57 heavy (non-hydrogen) atoms. The topological polar surface area (TPSA) is 182 Å². The van der Waals surface area contributed by atoms with Crippen LogP contribution in [0.3, 0.4) is 0 Å². The van der Waals surface area contributed by atoms with Gasteiger partial charge in [0.05, 0.1) is 43.8 Å². The molecular formula is C41H61FN5O9P. The Kier molecular flexibility index (Phi) is 16.8. The molecule has 16 heteroatoms. The summed E-state index contributed by atoms with van der Waals surface area (Å²) in [4.78, 5) is 14.9. The Bertz CT molecular complexity index is 1810. The van der Waals surface area contributed by atoms with Crippen molar-refractivity contribution in [3.63, 3.8) is 0 Å². The molecule has 2 aliphatic heterocycles. The van der Waals surface area contributed by atoms with Crippen LogP contribution in [0.25, 0.3) is 5.52 Å². The van der Waals surface area contributed by atoms with Crippen molar-refractivity contribution in [3.8, 4) is 6.07 Å². The van der Waals surface area contributed by atoms with Crippen molar-refractivity contribution < 1.29 is 46.6 Å². The van der Waals surface area contributed by atoms with E-state index in [1.54, 1.807) is 31.4 Å². The van der Waals surface area contributed by atoms with E-state index in [1.165, 1.54) is 82.7 Å². The van der Waals surface area contributed by atoms with Gasteiger partial charge in [0.1, 0.15) is 47.7 Å². The van der Waals surface area contributed by atoms with Gasteiger partial charge < -0.3 is 34.3 Å². The van der Waals surface area contributed by atoms with E-state index in [0.717, 1.165) is 25.3 Å². The molecule has 14 nitrogen and oxygen atoms in total. The molecule has 0 saturated carbocycles.